The topological polar surface area (TPSA) is 24.7 Å². The lowest BCUT2D eigenvalue weighted by atomic mass is 10.7. The molecule has 0 amide bonds. The third kappa shape index (κ3) is 7.37. The van der Waals surface area contributed by atoms with Crippen LogP contribution < -0.4 is 0 Å². The predicted molar refractivity (Wildman–Crippen MR) is 111 cm³/mol. The van der Waals surface area contributed by atoms with Gasteiger partial charge in [0.15, 0.2) is 0 Å². The van der Waals surface area contributed by atoms with Crippen LogP contribution in [0.3, 0.4) is 0 Å². The summed E-state index contributed by atoms with van der Waals surface area (Å²) in [6.07, 6.45) is 11.6. The van der Waals surface area contributed by atoms with Crippen LogP contribution in [-0.2, 0) is 0 Å². The molecule has 0 heterocycles. The molecule has 23 heavy (non-hydrogen) atoms. The third-order valence-corrected chi connectivity index (χ3v) is 11.2. The van der Waals surface area contributed by atoms with Crippen molar-refractivity contribution in [1.82, 2.24) is 0 Å². The van der Waals surface area contributed by atoms with Crippen molar-refractivity contribution in [3.05, 3.63) is 75.9 Å². The van der Waals surface area contributed by atoms with E-state index in [0.717, 1.165) is 36.3 Å². The van der Waals surface area contributed by atoms with Crippen LogP contribution in [0.2, 0.25) is 36.3 Å². The first-order chi connectivity index (χ1) is 11.1. The minimum absolute atomic E-state index is 0.881. The fourth-order valence-corrected chi connectivity index (χ4v) is 8.02. The Morgan fingerprint density at radius 3 is 0.913 bits per heavy atom. The number of hydrogen-bond donors (Lipinski definition) is 0. The van der Waals surface area contributed by atoms with Crippen molar-refractivity contribution in [3.8, 4) is 0 Å². The zero-order valence-electron chi connectivity index (χ0n) is 14.3. The number of rotatable bonds is 14. The minimum atomic E-state index is -1.95. The Hall–Kier alpha value is -1.75. The Bertz CT molecular complexity index is 404. The molecule has 124 valence electrons. The number of hydrogen-bond acceptors (Lipinski definition) is 2. The molecule has 0 fully saturated rings. The van der Waals surface area contributed by atoms with E-state index in [-0.39, 0.29) is 0 Å². The Morgan fingerprint density at radius 2 is 0.739 bits per heavy atom. The molecule has 0 rings (SSSR count). The molecule has 4 heteroatoms. The monoisotopic (exact) mass is 342 g/mol. The summed E-state index contributed by atoms with van der Waals surface area (Å²) in [5.41, 5.74) is 0. The summed E-state index contributed by atoms with van der Waals surface area (Å²) < 4.78 is 9.59. The molecule has 0 unspecified atom stereocenters. The highest BCUT2D eigenvalue weighted by Gasteiger charge is 2.31. The number of nitrogens with zero attached hydrogens (tertiary/aromatic N) is 2. The van der Waals surface area contributed by atoms with E-state index in [1.807, 2.05) is 36.5 Å². The van der Waals surface area contributed by atoms with E-state index in [0.29, 0.717) is 0 Å². The van der Waals surface area contributed by atoms with Crippen LogP contribution in [0.4, 0.5) is 0 Å². The van der Waals surface area contributed by atoms with E-state index in [4.69, 9.17) is 9.32 Å². The normalized spacial score (nSPS) is 10.8. The smallest absolute Gasteiger partial charge is 0.206 e. The molecule has 0 saturated carbocycles. The highest BCUT2D eigenvalue weighted by atomic mass is 28.3. The molecular formula is C19H30N2Si2. The van der Waals surface area contributed by atoms with Gasteiger partial charge in [0, 0.05) is 0 Å². The predicted octanol–water partition coefficient (Wildman–Crippen LogP) is 6.17. The fourth-order valence-electron chi connectivity index (χ4n) is 2.62. The lowest BCUT2D eigenvalue weighted by molar-refractivity contribution is 1.29. The molecule has 0 aliphatic carbocycles. The maximum absolute atomic E-state index is 4.80. The van der Waals surface area contributed by atoms with Gasteiger partial charge in [-0.15, -0.1) is 39.5 Å². The Balaban J connectivity index is 5.73. The van der Waals surface area contributed by atoms with Crippen LogP contribution in [0.5, 0.6) is 0 Å². The molecule has 0 atom stereocenters. The van der Waals surface area contributed by atoms with Gasteiger partial charge in [-0.2, -0.15) is 0 Å². The molecule has 0 aromatic carbocycles. The van der Waals surface area contributed by atoms with Crippen molar-refractivity contribution in [2.75, 3.05) is 0 Å². The van der Waals surface area contributed by atoms with Gasteiger partial charge >= 0.3 is 0 Å². The summed E-state index contributed by atoms with van der Waals surface area (Å²) in [4.78, 5) is 0. The third-order valence-electron chi connectivity index (χ3n) is 3.72. The average Bonchev–Trinajstić information content (AvgIpc) is 2.49. The quantitative estimate of drug-likeness (QED) is 0.205. The van der Waals surface area contributed by atoms with Crippen molar-refractivity contribution in [3.63, 3.8) is 0 Å². The summed E-state index contributed by atoms with van der Waals surface area (Å²) in [5.74, 6) is 0. The van der Waals surface area contributed by atoms with Crippen LogP contribution in [0.1, 0.15) is 0 Å². The molecule has 0 bridgehead atoms. The lowest BCUT2D eigenvalue weighted by Gasteiger charge is -2.23. The molecule has 0 saturated heterocycles. The molecule has 0 aliphatic heterocycles. The number of allylic oxidation sites excluding steroid dienone is 6. The van der Waals surface area contributed by atoms with Crippen molar-refractivity contribution in [1.29, 1.82) is 0 Å². The molecule has 0 aromatic rings. The van der Waals surface area contributed by atoms with E-state index in [2.05, 4.69) is 45.5 Å². The summed E-state index contributed by atoms with van der Waals surface area (Å²) in [7, 11) is -3.91. The minimum Gasteiger partial charge on any atom is -0.266 e. The Labute approximate surface area is 144 Å². The maximum Gasteiger partial charge on any atom is 0.206 e. The standard InChI is InChI=1S/C19H30N2Si2/c1-7-13-22(14-8-2,15-9-3)20-19-21-23(16-10-4,17-11-5)18-12-6/h7-12H,1-6,13-18H2. The van der Waals surface area contributed by atoms with Crippen molar-refractivity contribution in [2.45, 2.75) is 36.3 Å². The first kappa shape index (κ1) is 21.3. The largest absolute Gasteiger partial charge is 0.266 e. The fraction of sp³-hybridized carbons (Fsp3) is 0.316. The SMILES string of the molecule is C=CC[Si](CC=C)(CC=C)N=C=N[Si](CC=C)(CC=C)CC=C. The first-order valence-corrected chi connectivity index (χ1v) is 13.1. The van der Waals surface area contributed by atoms with E-state index in [1.165, 1.54) is 0 Å². The van der Waals surface area contributed by atoms with Crippen molar-refractivity contribution in [2.24, 2.45) is 9.32 Å². The summed E-state index contributed by atoms with van der Waals surface area (Å²) in [6.45, 7) is 23.2. The van der Waals surface area contributed by atoms with Gasteiger partial charge in [-0.3, -0.25) is 9.32 Å². The van der Waals surface area contributed by atoms with E-state index >= 15 is 0 Å². The second-order valence-electron chi connectivity index (χ2n) is 5.73. The van der Waals surface area contributed by atoms with Crippen LogP contribution in [0.25, 0.3) is 0 Å². The highest BCUT2D eigenvalue weighted by molar-refractivity contribution is 6.81. The van der Waals surface area contributed by atoms with E-state index in [9.17, 15) is 0 Å². The molecule has 0 aliphatic rings. The van der Waals surface area contributed by atoms with Crippen LogP contribution in [0.15, 0.2) is 85.2 Å². The van der Waals surface area contributed by atoms with Gasteiger partial charge in [0.25, 0.3) is 0 Å². The van der Waals surface area contributed by atoms with Gasteiger partial charge in [0.1, 0.15) is 0 Å². The van der Waals surface area contributed by atoms with Gasteiger partial charge in [-0.25, -0.2) is 0 Å². The van der Waals surface area contributed by atoms with Gasteiger partial charge in [-0.05, 0) is 36.3 Å². The maximum atomic E-state index is 4.80. The second kappa shape index (κ2) is 11.8. The molecule has 2 nitrogen and oxygen atoms in total. The summed E-state index contributed by atoms with van der Waals surface area (Å²) >= 11 is 0. The summed E-state index contributed by atoms with van der Waals surface area (Å²) in [5, 5.41) is 0. The van der Waals surface area contributed by atoms with Crippen LogP contribution >= 0.6 is 0 Å². The lowest BCUT2D eigenvalue weighted by Crippen LogP contribution is -2.31. The van der Waals surface area contributed by atoms with Gasteiger partial charge in [0.05, 0.1) is 6.01 Å². The van der Waals surface area contributed by atoms with Gasteiger partial charge in [0.2, 0.25) is 16.5 Å². The van der Waals surface area contributed by atoms with E-state index in [1.54, 1.807) is 0 Å². The zero-order chi connectivity index (χ0) is 17.6. The van der Waals surface area contributed by atoms with Crippen molar-refractivity contribution >= 4 is 22.5 Å². The van der Waals surface area contributed by atoms with Crippen molar-refractivity contribution < 1.29 is 0 Å². The molecular weight excluding hydrogens is 312 g/mol. The van der Waals surface area contributed by atoms with Crippen LogP contribution in [-0.4, -0.2) is 22.5 Å². The average molecular weight is 343 g/mol. The second-order valence-corrected chi connectivity index (χ2v) is 13.5. The molecule has 0 N–H and O–H groups in total. The summed E-state index contributed by atoms with van der Waals surface area (Å²) in [6, 6.07) is 8.35. The van der Waals surface area contributed by atoms with Gasteiger partial charge in [-0.1, -0.05) is 36.5 Å². The molecule has 0 aromatic heterocycles. The molecule has 0 spiro atoms. The van der Waals surface area contributed by atoms with Crippen LogP contribution in [0, 0.1) is 0 Å². The zero-order valence-corrected chi connectivity index (χ0v) is 16.3. The Kier molecular flexibility index (Phi) is 10.9. The van der Waals surface area contributed by atoms with E-state index < -0.39 is 16.5 Å². The Morgan fingerprint density at radius 1 is 0.522 bits per heavy atom. The highest BCUT2D eigenvalue weighted by Crippen LogP contribution is 2.26. The molecule has 0 radical (unpaired) electrons. The first-order valence-electron chi connectivity index (χ1n) is 7.91. The van der Waals surface area contributed by atoms with Gasteiger partial charge < -0.3 is 0 Å².